The number of hydrogen-bond donors (Lipinski definition) is 2. The summed E-state index contributed by atoms with van der Waals surface area (Å²) in [4.78, 5) is 13.5. The Balaban J connectivity index is 2.24. The number of anilines is 1. The number of aliphatic hydroxyl groups is 2. The lowest BCUT2D eigenvalue weighted by Crippen LogP contribution is -2.49. The van der Waals surface area contributed by atoms with Crippen LogP contribution in [-0.2, 0) is 4.79 Å². The summed E-state index contributed by atoms with van der Waals surface area (Å²) in [6.45, 7) is 2.16. The van der Waals surface area contributed by atoms with E-state index < -0.39 is 17.6 Å². The fraction of sp³-hybridized carbons (Fsp3) is 0.357. The molecule has 0 saturated carbocycles. The van der Waals surface area contributed by atoms with Gasteiger partial charge in [0.1, 0.15) is 0 Å². The Morgan fingerprint density at radius 1 is 1.44 bits per heavy atom. The van der Waals surface area contributed by atoms with Gasteiger partial charge in [0.2, 0.25) is 0 Å². The highest BCUT2D eigenvalue weighted by molar-refractivity contribution is 5.98. The molecule has 96 valence electrons. The summed E-state index contributed by atoms with van der Waals surface area (Å²) in [5, 5.41) is 20.5. The lowest BCUT2D eigenvalue weighted by molar-refractivity contribution is -0.140. The minimum atomic E-state index is -1.71. The van der Waals surface area contributed by atoms with Gasteiger partial charge in [-0.15, -0.1) is 0 Å². The maximum absolute atomic E-state index is 11.8. The fourth-order valence-electron chi connectivity index (χ4n) is 2.24. The van der Waals surface area contributed by atoms with E-state index in [2.05, 4.69) is 0 Å². The SMILES string of the molecule is C/C=C/C(=O)C1(O)CCN(c2ccccc2)C1O. The predicted octanol–water partition coefficient (Wildman–Crippen LogP) is 1.09. The molecule has 2 unspecified atom stereocenters. The number of nitrogens with zero attached hydrogens (tertiary/aromatic N) is 1. The molecule has 4 nitrogen and oxygen atoms in total. The van der Waals surface area contributed by atoms with Gasteiger partial charge >= 0.3 is 0 Å². The maximum Gasteiger partial charge on any atom is 0.191 e. The van der Waals surface area contributed by atoms with Crippen molar-refractivity contribution in [2.24, 2.45) is 0 Å². The van der Waals surface area contributed by atoms with Crippen LogP contribution in [0, 0.1) is 0 Å². The zero-order valence-electron chi connectivity index (χ0n) is 10.3. The molecule has 2 rings (SSSR count). The third kappa shape index (κ3) is 2.05. The molecule has 1 aliphatic heterocycles. The van der Waals surface area contributed by atoms with Crippen LogP contribution < -0.4 is 4.90 Å². The van der Waals surface area contributed by atoms with Crippen molar-refractivity contribution in [3.05, 3.63) is 42.5 Å². The number of ketones is 1. The Morgan fingerprint density at radius 3 is 2.72 bits per heavy atom. The lowest BCUT2D eigenvalue weighted by atomic mass is 9.95. The number of allylic oxidation sites excluding steroid dienone is 1. The van der Waals surface area contributed by atoms with Crippen molar-refractivity contribution in [3.8, 4) is 0 Å². The molecule has 0 bridgehead atoms. The molecule has 18 heavy (non-hydrogen) atoms. The van der Waals surface area contributed by atoms with E-state index in [1.807, 2.05) is 30.3 Å². The van der Waals surface area contributed by atoms with E-state index in [9.17, 15) is 15.0 Å². The monoisotopic (exact) mass is 247 g/mol. The van der Waals surface area contributed by atoms with Crippen molar-refractivity contribution >= 4 is 11.5 Å². The highest BCUT2D eigenvalue weighted by atomic mass is 16.4. The molecule has 1 aromatic carbocycles. The second-order valence-corrected chi connectivity index (χ2v) is 4.44. The molecule has 0 amide bonds. The van der Waals surface area contributed by atoms with Gasteiger partial charge in [-0.1, -0.05) is 24.3 Å². The summed E-state index contributed by atoms with van der Waals surface area (Å²) in [5.74, 6) is -0.448. The number of carbonyl (C=O) groups is 1. The van der Waals surface area contributed by atoms with Gasteiger partial charge in [0.25, 0.3) is 0 Å². The number of benzene rings is 1. The van der Waals surface area contributed by atoms with Gasteiger partial charge in [0.15, 0.2) is 17.6 Å². The summed E-state index contributed by atoms with van der Waals surface area (Å²) in [6.07, 6.45) is 1.89. The van der Waals surface area contributed by atoms with Crippen LogP contribution in [0.15, 0.2) is 42.5 Å². The van der Waals surface area contributed by atoms with E-state index in [0.29, 0.717) is 6.54 Å². The van der Waals surface area contributed by atoms with Crippen LogP contribution >= 0.6 is 0 Å². The van der Waals surface area contributed by atoms with Crippen LogP contribution in [0.1, 0.15) is 13.3 Å². The molecule has 0 aromatic heterocycles. The highest BCUT2D eigenvalue weighted by Crippen LogP contribution is 2.32. The van der Waals surface area contributed by atoms with Crippen molar-refractivity contribution in [2.75, 3.05) is 11.4 Å². The fourth-order valence-corrected chi connectivity index (χ4v) is 2.24. The van der Waals surface area contributed by atoms with E-state index in [-0.39, 0.29) is 6.42 Å². The Bertz CT molecular complexity index is 457. The Hall–Kier alpha value is -1.65. The predicted molar refractivity (Wildman–Crippen MR) is 69.2 cm³/mol. The minimum Gasteiger partial charge on any atom is -0.377 e. The number of carbonyl (C=O) groups excluding carboxylic acids is 1. The molecule has 2 atom stereocenters. The number of para-hydroxylation sites is 1. The van der Waals surface area contributed by atoms with Gasteiger partial charge in [0.05, 0.1) is 0 Å². The van der Waals surface area contributed by atoms with Crippen molar-refractivity contribution in [2.45, 2.75) is 25.2 Å². The van der Waals surface area contributed by atoms with Crippen LogP contribution in [-0.4, -0.2) is 34.4 Å². The van der Waals surface area contributed by atoms with E-state index in [4.69, 9.17) is 0 Å². The number of aliphatic hydroxyl groups excluding tert-OH is 1. The largest absolute Gasteiger partial charge is 0.377 e. The molecule has 0 radical (unpaired) electrons. The molecule has 1 heterocycles. The van der Waals surface area contributed by atoms with Gasteiger partial charge in [-0.25, -0.2) is 0 Å². The molecular weight excluding hydrogens is 230 g/mol. The molecule has 1 aromatic rings. The third-order valence-electron chi connectivity index (χ3n) is 3.29. The number of rotatable bonds is 3. The summed E-state index contributed by atoms with van der Waals surface area (Å²) in [7, 11) is 0. The van der Waals surface area contributed by atoms with Gasteiger partial charge < -0.3 is 15.1 Å². The van der Waals surface area contributed by atoms with Crippen LogP contribution in [0.2, 0.25) is 0 Å². The van der Waals surface area contributed by atoms with Crippen molar-refractivity contribution in [1.82, 2.24) is 0 Å². The van der Waals surface area contributed by atoms with E-state index in [1.165, 1.54) is 6.08 Å². The molecule has 1 fully saturated rings. The number of hydrogen-bond acceptors (Lipinski definition) is 4. The van der Waals surface area contributed by atoms with E-state index in [1.54, 1.807) is 17.9 Å². The second kappa shape index (κ2) is 4.92. The maximum atomic E-state index is 11.8. The molecule has 0 spiro atoms. The minimum absolute atomic E-state index is 0.228. The molecule has 1 aliphatic rings. The van der Waals surface area contributed by atoms with Crippen LogP contribution in [0.5, 0.6) is 0 Å². The van der Waals surface area contributed by atoms with E-state index in [0.717, 1.165) is 5.69 Å². The second-order valence-electron chi connectivity index (χ2n) is 4.44. The van der Waals surface area contributed by atoms with Crippen molar-refractivity contribution < 1.29 is 15.0 Å². The Morgan fingerprint density at radius 2 is 2.11 bits per heavy atom. The average molecular weight is 247 g/mol. The van der Waals surface area contributed by atoms with Gasteiger partial charge in [-0.2, -0.15) is 0 Å². The van der Waals surface area contributed by atoms with Crippen LogP contribution in [0.4, 0.5) is 5.69 Å². The first kappa shape index (κ1) is 12.8. The molecule has 1 saturated heterocycles. The first-order valence-corrected chi connectivity index (χ1v) is 5.99. The Labute approximate surface area is 106 Å². The first-order valence-electron chi connectivity index (χ1n) is 5.99. The van der Waals surface area contributed by atoms with Crippen molar-refractivity contribution in [1.29, 1.82) is 0 Å². The zero-order chi connectivity index (χ0) is 13.2. The normalized spacial score (nSPS) is 27.9. The summed E-state index contributed by atoms with van der Waals surface area (Å²) < 4.78 is 0. The average Bonchev–Trinajstić information content (AvgIpc) is 2.69. The molecular formula is C14H17NO3. The van der Waals surface area contributed by atoms with Gasteiger partial charge in [-0.05, 0) is 25.1 Å². The molecule has 0 aliphatic carbocycles. The van der Waals surface area contributed by atoms with Gasteiger partial charge in [0, 0.05) is 18.7 Å². The smallest absolute Gasteiger partial charge is 0.191 e. The first-order chi connectivity index (χ1) is 8.59. The summed E-state index contributed by atoms with van der Waals surface area (Å²) in [6, 6.07) is 9.27. The zero-order valence-corrected chi connectivity index (χ0v) is 10.3. The topological polar surface area (TPSA) is 60.8 Å². The third-order valence-corrected chi connectivity index (χ3v) is 3.29. The van der Waals surface area contributed by atoms with Gasteiger partial charge in [-0.3, -0.25) is 4.79 Å². The van der Waals surface area contributed by atoms with E-state index >= 15 is 0 Å². The standard InChI is InChI=1S/C14H17NO3/c1-2-6-12(16)14(18)9-10-15(13(14)17)11-7-4-3-5-8-11/h2-8,13,17-18H,9-10H2,1H3/b6-2+. The summed E-state index contributed by atoms with van der Waals surface area (Å²) in [5.41, 5.74) is -0.906. The highest BCUT2D eigenvalue weighted by Gasteiger charge is 2.49. The van der Waals surface area contributed by atoms with Crippen LogP contribution in [0.25, 0.3) is 0 Å². The molecule has 2 N–H and O–H groups in total. The lowest BCUT2D eigenvalue weighted by Gasteiger charge is -2.29. The summed E-state index contributed by atoms with van der Waals surface area (Å²) >= 11 is 0. The molecule has 4 heteroatoms. The quantitative estimate of drug-likeness (QED) is 0.785. The van der Waals surface area contributed by atoms with Crippen molar-refractivity contribution in [3.63, 3.8) is 0 Å². The van der Waals surface area contributed by atoms with Crippen LogP contribution in [0.3, 0.4) is 0 Å². The Kier molecular flexibility index (Phi) is 3.50.